The third-order valence-electron chi connectivity index (χ3n) is 5.13. The van der Waals surface area contributed by atoms with Gasteiger partial charge in [-0.15, -0.1) is 0 Å². The van der Waals surface area contributed by atoms with Crippen LogP contribution >= 0.6 is 0 Å². The van der Waals surface area contributed by atoms with E-state index in [4.69, 9.17) is 24.9 Å². The van der Waals surface area contributed by atoms with E-state index in [0.29, 0.717) is 6.54 Å². The summed E-state index contributed by atoms with van der Waals surface area (Å²) in [6, 6.07) is 14.3. The fraction of sp³-hybridized carbons (Fsp3) is 0.318. The number of carbonyl (C=O) groups is 3. The first-order chi connectivity index (χ1) is 15.5. The second-order valence-corrected chi connectivity index (χ2v) is 9.12. The molecule has 1 aliphatic rings. The number of primary sulfonamides is 1. The molecular formula is C22H27N3O7S. The van der Waals surface area contributed by atoms with Crippen molar-refractivity contribution in [2.45, 2.75) is 49.7 Å². The van der Waals surface area contributed by atoms with Gasteiger partial charge in [-0.05, 0) is 55.0 Å². The lowest BCUT2D eigenvalue weighted by atomic mass is 9.87. The van der Waals surface area contributed by atoms with Crippen molar-refractivity contribution < 1.29 is 33.0 Å². The average molecular weight is 478 g/mol. The second-order valence-electron chi connectivity index (χ2n) is 7.55. The number of sulfonamides is 1. The Bertz CT molecular complexity index is 1090. The molecule has 3 rings (SSSR count). The second kappa shape index (κ2) is 11.5. The van der Waals surface area contributed by atoms with E-state index in [1.54, 1.807) is 12.1 Å². The molecule has 2 atom stereocenters. The molecule has 33 heavy (non-hydrogen) atoms. The van der Waals surface area contributed by atoms with Crippen molar-refractivity contribution in [3.8, 4) is 0 Å². The van der Waals surface area contributed by atoms with E-state index < -0.39 is 22.0 Å². The Hall–Kier alpha value is -3.28. The van der Waals surface area contributed by atoms with Gasteiger partial charge >= 0.3 is 11.9 Å². The molecule has 1 amide bonds. The van der Waals surface area contributed by atoms with E-state index in [-0.39, 0.29) is 22.9 Å². The predicted molar refractivity (Wildman–Crippen MR) is 120 cm³/mol. The van der Waals surface area contributed by atoms with Gasteiger partial charge in [0, 0.05) is 6.54 Å². The molecule has 0 radical (unpaired) electrons. The summed E-state index contributed by atoms with van der Waals surface area (Å²) >= 11 is 0. The third-order valence-corrected chi connectivity index (χ3v) is 6.06. The first-order valence-electron chi connectivity index (χ1n) is 10.2. The van der Waals surface area contributed by atoms with Crippen molar-refractivity contribution in [1.82, 2.24) is 10.6 Å². The van der Waals surface area contributed by atoms with Crippen LogP contribution in [0.25, 0.3) is 0 Å². The molecule has 2 aromatic carbocycles. The standard InChI is InChI=1S/C20H25N3O3S.C2H2O4/c1-14(22-13-15-9-11-17(12-10-15)27(21,25)26)20(24)23-19-8-4-6-16-5-2-3-7-18(16)19;3-1(4)2(5)6/h2-3,5,7,9-12,14,19,22H,4,6,8,13H2,1H3,(H,23,24)(H2,21,25,26);(H,3,4)(H,5,6). The largest absolute Gasteiger partial charge is 0.473 e. The summed E-state index contributed by atoms with van der Waals surface area (Å²) in [6.45, 7) is 2.28. The van der Waals surface area contributed by atoms with Crippen LogP contribution in [0.2, 0.25) is 0 Å². The van der Waals surface area contributed by atoms with Crippen molar-refractivity contribution in [1.29, 1.82) is 0 Å². The highest BCUT2D eigenvalue weighted by atomic mass is 32.2. The van der Waals surface area contributed by atoms with Gasteiger partial charge in [-0.2, -0.15) is 0 Å². The first kappa shape index (κ1) is 26.0. The fourth-order valence-electron chi connectivity index (χ4n) is 3.36. The number of aryl methyl sites for hydroxylation is 1. The van der Waals surface area contributed by atoms with Crippen molar-refractivity contribution >= 4 is 27.9 Å². The van der Waals surface area contributed by atoms with Gasteiger partial charge in [0.1, 0.15) is 0 Å². The molecule has 0 spiro atoms. The molecule has 0 saturated carbocycles. The number of hydrogen-bond acceptors (Lipinski definition) is 6. The van der Waals surface area contributed by atoms with Crippen LogP contribution in [0.4, 0.5) is 0 Å². The Morgan fingerprint density at radius 3 is 2.24 bits per heavy atom. The number of carboxylic acid groups (broad SMARTS) is 2. The summed E-state index contributed by atoms with van der Waals surface area (Å²) in [5, 5.41) is 26.2. The lowest BCUT2D eigenvalue weighted by Gasteiger charge is -2.27. The number of carboxylic acids is 2. The number of hydrogen-bond donors (Lipinski definition) is 5. The highest BCUT2D eigenvalue weighted by Crippen LogP contribution is 2.29. The van der Waals surface area contributed by atoms with E-state index in [1.807, 2.05) is 19.1 Å². The smallest absolute Gasteiger partial charge is 0.414 e. The zero-order valence-electron chi connectivity index (χ0n) is 18.0. The number of amides is 1. The molecular weight excluding hydrogens is 450 g/mol. The molecule has 2 aromatic rings. The molecule has 0 fully saturated rings. The Morgan fingerprint density at radius 1 is 1.06 bits per heavy atom. The normalized spacial score (nSPS) is 15.9. The van der Waals surface area contributed by atoms with Crippen LogP contribution in [0.15, 0.2) is 53.4 Å². The maximum Gasteiger partial charge on any atom is 0.414 e. The summed E-state index contributed by atoms with van der Waals surface area (Å²) in [4.78, 5) is 30.8. The van der Waals surface area contributed by atoms with Crippen LogP contribution in [0.1, 0.15) is 42.5 Å². The van der Waals surface area contributed by atoms with E-state index in [9.17, 15) is 13.2 Å². The number of benzene rings is 2. The topological polar surface area (TPSA) is 176 Å². The quantitative estimate of drug-likeness (QED) is 0.385. The summed E-state index contributed by atoms with van der Waals surface area (Å²) in [7, 11) is -3.69. The van der Waals surface area contributed by atoms with Crippen LogP contribution in [0.3, 0.4) is 0 Å². The number of nitrogens with one attached hydrogen (secondary N) is 2. The van der Waals surface area contributed by atoms with Crippen molar-refractivity contribution in [2.75, 3.05) is 0 Å². The van der Waals surface area contributed by atoms with Crippen LogP contribution in [0.5, 0.6) is 0 Å². The zero-order chi connectivity index (χ0) is 24.6. The Balaban J connectivity index is 0.000000569. The van der Waals surface area contributed by atoms with E-state index in [0.717, 1.165) is 24.8 Å². The van der Waals surface area contributed by atoms with Gasteiger partial charge in [-0.25, -0.2) is 23.1 Å². The number of rotatable bonds is 6. The van der Waals surface area contributed by atoms with E-state index in [2.05, 4.69) is 22.8 Å². The van der Waals surface area contributed by atoms with E-state index in [1.165, 1.54) is 23.3 Å². The van der Waals surface area contributed by atoms with Gasteiger partial charge in [0.2, 0.25) is 15.9 Å². The molecule has 6 N–H and O–H groups in total. The monoisotopic (exact) mass is 477 g/mol. The molecule has 0 aliphatic heterocycles. The molecule has 11 heteroatoms. The van der Waals surface area contributed by atoms with Crippen LogP contribution in [0, 0.1) is 0 Å². The van der Waals surface area contributed by atoms with Crippen LogP contribution in [-0.2, 0) is 37.4 Å². The van der Waals surface area contributed by atoms with Gasteiger partial charge in [0.05, 0.1) is 17.0 Å². The van der Waals surface area contributed by atoms with Crippen LogP contribution < -0.4 is 15.8 Å². The van der Waals surface area contributed by atoms with Crippen molar-refractivity contribution in [2.24, 2.45) is 5.14 Å². The minimum Gasteiger partial charge on any atom is -0.473 e. The van der Waals surface area contributed by atoms with E-state index >= 15 is 0 Å². The molecule has 0 heterocycles. The Kier molecular flexibility index (Phi) is 9.09. The average Bonchev–Trinajstić information content (AvgIpc) is 2.77. The lowest BCUT2D eigenvalue weighted by molar-refractivity contribution is -0.159. The van der Waals surface area contributed by atoms with Crippen LogP contribution in [-0.4, -0.2) is 42.5 Å². The number of carbonyl (C=O) groups excluding carboxylic acids is 1. The SMILES string of the molecule is CC(NCc1ccc(S(N)(=O)=O)cc1)C(=O)NC1CCCc2ccccc21.O=C(O)C(=O)O. The number of nitrogens with two attached hydrogens (primary N) is 1. The van der Waals surface area contributed by atoms with Gasteiger partial charge in [-0.1, -0.05) is 36.4 Å². The summed E-state index contributed by atoms with van der Waals surface area (Å²) < 4.78 is 22.6. The molecule has 10 nitrogen and oxygen atoms in total. The summed E-state index contributed by atoms with van der Waals surface area (Å²) in [5.74, 6) is -3.69. The van der Waals surface area contributed by atoms with Gasteiger partial charge in [0.25, 0.3) is 0 Å². The summed E-state index contributed by atoms with van der Waals surface area (Å²) in [5.41, 5.74) is 3.40. The minimum atomic E-state index is -3.69. The Morgan fingerprint density at radius 2 is 1.67 bits per heavy atom. The van der Waals surface area contributed by atoms with Crippen molar-refractivity contribution in [3.63, 3.8) is 0 Å². The Labute approximate surface area is 191 Å². The lowest BCUT2D eigenvalue weighted by Crippen LogP contribution is -2.43. The molecule has 2 unspecified atom stereocenters. The fourth-order valence-corrected chi connectivity index (χ4v) is 3.88. The molecule has 178 valence electrons. The third kappa shape index (κ3) is 7.97. The first-order valence-corrected chi connectivity index (χ1v) is 11.7. The maximum absolute atomic E-state index is 12.6. The van der Waals surface area contributed by atoms with Gasteiger partial charge in [-0.3, -0.25) is 4.79 Å². The maximum atomic E-state index is 12.6. The number of fused-ring (bicyclic) bond motifs is 1. The summed E-state index contributed by atoms with van der Waals surface area (Å²) in [6.07, 6.45) is 3.08. The van der Waals surface area contributed by atoms with Gasteiger partial charge < -0.3 is 20.8 Å². The highest BCUT2D eigenvalue weighted by Gasteiger charge is 2.23. The molecule has 1 aliphatic carbocycles. The van der Waals surface area contributed by atoms with Crippen molar-refractivity contribution in [3.05, 3.63) is 65.2 Å². The zero-order valence-corrected chi connectivity index (χ0v) is 18.8. The van der Waals surface area contributed by atoms with Gasteiger partial charge in [0.15, 0.2) is 0 Å². The predicted octanol–water partition coefficient (Wildman–Crippen LogP) is 1.16. The number of aliphatic carboxylic acids is 2. The highest BCUT2D eigenvalue weighted by molar-refractivity contribution is 7.89. The molecule has 0 aromatic heterocycles. The minimum absolute atomic E-state index is 0.0436. The molecule has 0 saturated heterocycles. The molecule has 0 bridgehead atoms.